The van der Waals surface area contributed by atoms with E-state index >= 15 is 0 Å². The Bertz CT molecular complexity index is 476. The quantitative estimate of drug-likeness (QED) is 0.813. The lowest BCUT2D eigenvalue weighted by Gasteiger charge is -2.18. The van der Waals surface area contributed by atoms with Crippen molar-refractivity contribution in [3.63, 3.8) is 0 Å². The number of nitrogens with two attached hydrogens (primary N) is 1. The molecule has 0 fully saturated rings. The largest absolute Gasteiger partial charge is 0.397 e. The smallest absolute Gasteiger partial charge is 0.232 e. The molecule has 1 aromatic rings. The van der Waals surface area contributed by atoms with Crippen LogP contribution in [-0.2, 0) is 10.0 Å². The molecule has 3 N–H and O–H groups in total. The van der Waals surface area contributed by atoms with Gasteiger partial charge in [-0.15, -0.1) is 0 Å². The molecule has 0 saturated heterocycles. The van der Waals surface area contributed by atoms with Crippen molar-refractivity contribution in [2.24, 2.45) is 5.41 Å². The first kappa shape index (κ1) is 13.8. The SMILES string of the molecule is CC(C)(C)CCS(=O)(=O)Nc1ccccc1N. The van der Waals surface area contributed by atoms with Gasteiger partial charge in [0, 0.05) is 0 Å². The molecule has 17 heavy (non-hydrogen) atoms. The minimum Gasteiger partial charge on any atom is -0.397 e. The second-order valence-electron chi connectivity index (χ2n) is 5.32. The Morgan fingerprint density at radius 1 is 1.24 bits per heavy atom. The third kappa shape index (κ3) is 5.08. The maximum atomic E-state index is 11.8. The fraction of sp³-hybridized carbons (Fsp3) is 0.500. The van der Waals surface area contributed by atoms with E-state index in [1.165, 1.54) is 0 Å². The van der Waals surface area contributed by atoms with Crippen LogP contribution in [0.2, 0.25) is 0 Å². The van der Waals surface area contributed by atoms with Gasteiger partial charge in [-0.3, -0.25) is 4.72 Å². The van der Waals surface area contributed by atoms with E-state index in [1.54, 1.807) is 24.3 Å². The molecular formula is C12H20N2O2S. The Balaban J connectivity index is 2.71. The minimum atomic E-state index is -3.32. The van der Waals surface area contributed by atoms with Crippen LogP contribution >= 0.6 is 0 Å². The number of anilines is 2. The molecule has 0 bridgehead atoms. The standard InChI is InChI=1S/C12H20N2O2S/c1-12(2,3)8-9-17(15,16)14-11-7-5-4-6-10(11)13/h4-7,14H,8-9,13H2,1-3H3. The summed E-state index contributed by atoms with van der Waals surface area (Å²) in [4.78, 5) is 0. The monoisotopic (exact) mass is 256 g/mol. The van der Waals surface area contributed by atoms with Gasteiger partial charge in [-0.05, 0) is 24.0 Å². The van der Waals surface area contributed by atoms with Crippen LogP contribution in [0.15, 0.2) is 24.3 Å². The molecule has 0 heterocycles. The summed E-state index contributed by atoms with van der Waals surface area (Å²) in [6, 6.07) is 6.84. The summed E-state index contributed by atoms with van der Waals surface area (Å²) in [5.41, 5.74) is 6.56. The first-order valence-corrected chi connectivity index (χ1v) is 7.20. The van der Waals surface area contributed by atoms with Gasteiger partial charge in [0.25, 0.3) is 0 Å². The Hall–Kier alpha value is -1.23. The minimum absolute atomic E-state index is 0.00299. The van der Waals surface area contributed by atoms with Crippen molar-refractivity contribution in [2.45, 2.75) is 27.2 Å². The second kappa shape index (κ2) is 4.96. The fourth-order valence-corrected chi connectivity index (χ4v) is 2.75. The van der Waals surface area contributed by atoms with Crippen molar-refractivity contribution in [1.82, 2.24) is 0 Å². The highest BCUT2D eigenvalue weighted by Gasteiger charge is 2.17. The number of nitrogens with one attached hydrogen (secondary N) is 1. The van der Waals surface area contributed by atoms with Crippen molar-refractivity contribution in [3.05, 3.63) is 24.3 Å². The first-order chi connectivity index (χ1) is 7.70. The van der Waals surface area contributed by atoms with E-state index in [4.69, 9.17) is 5.73 Å². The van der Waals surface area contributed by atoms with Crippen LogP contribution in [0.3, 0.4) is 0 Å². The lowest BCUT2D eigenvalue weighted by Crippen LogP contribution is -2.21. The van der Waals surface area contributed by atoms with Gasteiger partial charge in [-0.1, -0.05) is 32.9 Å². The maximum absolute atomic E-state index is 11.8. The van der Waals surface area contributed by atoms with Crippen LogP contribution in [0, 0.1) is 5.41 Å². The zero-order valence-corrected chi connectivity index (χ0v) is 11.3. The summed E-state index contributed by atoms with van der Waals surface area (Å²) in [5, 5.41) is 0. The molecule has 0 aromatic heterocycles. The van der Waals surface area contributed by atoms with E-state index in [0.717, 1.165) is 0 Å². The molecule has 0 amide bonds. The summed E-state index contributed by atoms with van der Waals surface area (Å²) in [6.07, 6.45) is 0.606. The third-order valence-electron chi connectivity index (χ3n) is 2.35. The van der Waals surface area contributed by atoms with Gasteiger partial charge in [0.1, 0.15) is 0 Å². The van der Waals surface area contributed by atoms with E-state index in [1.807, 2.05) is 20.8 Å². The topological polar surface area (TPSA) is 72.2 Å². The summed E-state index contributed by atoms with van der Waals surface area (Å²) in [7, 11) is -3.32. The van der Waals surface area contributed by atoms with Crippen LogP contribution in [0.5, 0.6) is 0 Å². The maximum Gasteiger partial charge on any atom is 0.232 e. The van der Waals surface area contributed by atoms with Crippen LogP contribution in [-0.4, -0.2) is 14.2 Å². The van der Waals surface area contributed by atoms with Gasteiger partial charge in [-0.25, -0.2) is 8.42 Å². The summed E-state index contributed by atoms with van der Waals surface area (Å²) < 4.78 is 26.2. The molecule has 0 spiro atoms. The number of nitrogen functional groups attached to an aromatic ring is 1. The molecule has 5 heteroatoms. The van der Waals surface area contributed by atoms with E-state index < -0.39 is 10.0 Å². The average Bonchev–Trinajstić information content (AvgIpc) is 2.18. The molecule has 4 nitrogen and oxygen atoms in total. The number of para-hydroxylation sites is 2. The Labute approximate surface area is 103 Å². The van der Waals surface area contributed by atoms with Crippen molar-refractivity contribution < 1.29 is 8.42 Å². The Morgan fingerprint density at radius 3 is 2.35 bits per heavy atom. The van der Waals surface area contributed by atoms with Gasteiger partial charge in [0.05, 0.1) is 17.1 Å². The summed E-state index contributed by atoms with van der Waals surface area (Å²) in [5.74, 6) is 0.102. The fourth-order valence-electron chi connectivity index (χ4n) is 1.25. The second-order valence-corrected chi connectivity index (χ2v) is 7.16. The number of sulfonamides is 1. The highest BCUT2D eigenvalue weighted by Crippen LogP contribution is 2.22. The van der Waals surface area contributed by atoms with E-state index in [2.05, 4.69) is 4.72 Å². The molecule has 0 saturated carbocycles. The molecule has 0 aliphatic rings. The van der Waals surface area contributed by atoms with Crippen molar-refractivity contribution in [1.29, 1.82) is 0 Å². The van der Waals surface area contributed by atoms with Crippen LogP contribution in [0.25, 0.3) is 0 Å². The van der Waals surface area contributed by atoms with E-state index in [-0.39, 0.29) is 11.2 Å². The number of hydrogen-bond donors (Lipinski definition) is 2. The van der Waals surface area contributed by atoms with Crippen LogP contribution < -0.4 is 10.5 Å². The van der Waals surface area contributed by atoms with Gasteiger partial charge in [0.2, 0.25) is 10.0 Å². The lowest BCUT2D eigenvalue weighted by atomic mass is 9.94. The van der Waals surface area contributed by atoms with Gasteiger partial charge >= 0.3 is 0 Å². The molecule has 1 aromatic carbocycles. The van der Waals surface area contributed by atoms with Gasteiger partial charge in [0.15, 0.2) is 0 Å². The number of hydrogen-bond acceptors (Lipinski definition) is 3. The molecule has 96 valence electrons. The summed E-state index contributed by atoms with van der Waals surface area (Å²) in [6.45, 7) is 6.04. The lowest BCUT2D eigenvalue weighted by molar-refractivity contribution is 0.397. The van der Waals surface area contributed by atoms with Crippen molar-refractivity contribution >= 4 is 21.4 Å². The normalized spacial score (nSPS) is 12.4. The Morgan fingerprint density at radius 2 is 1.82 bits per heavy atom. The molecule has 0 radical (unpaired) electrons. The third-order valence-corrected chi connectivity index (χ3v) is 3.62. The Kier molecular flexibility index (Phi) is 4.03. The molecule has 0 aliphatic heterocycles. The van der Waals surface area contributed by atoms with E-state index in [9.17, 15) is 8.42 Å². The van der Waals surface area contributed by atoms with E-state index in [0.29, 0.717) is 17.8 Å². The van der Waals surface area contributed by atoms with Crippen molar-refractivity contribution in [3.8, 4) is 0 Å². The van der Waals surface area contributed by atoms with Gasteiger partial charge in [-0.2, -0.15) is 0 Å². The predicted octanol–water partition coefficient (Wildman–Crippen LogP) is 2.45. The summed E-state index contributed by atoms with van der Waals surface area (Å²) >= 11 is 0. The molecule has 0 unspecified atom stereocenters. The molecular weight excluding hydrogens is 236 g/mol. The molecule has 0 atom stereocenters. The molecule has 1 rings (SSSR count). The first-order valence-electron chi connectivity index (χ1n) is 5.55. The van der Waals surface area contributed by atoms with Crippen molar-refractivity contribution in [2.75, 3.05) is 16.2 Å². The number of benzene rings is 1. The van der Waals surface area contributed by atoms with Crippen LogP contribution in [0.1, 0.15) is 27.2 Å². The van der Waals surface area contributed by atoms with Gasteiger partial charge < -0.3 is 5.73 Å². The highest BCUT2D eigenvalue weighted by atomic mass is 32.2. The zero-order valence-electron chi connectivity index (χ0n) is 10.5. The average molecular weight is 256 g/mol. The predicted molar refractivity (Wildman–Crippen MR) is 72.3 cm³/mol. The zero-order chi connectivity index (χ0) is 13.1. The number of rotatable bonds is 4. The van der Waals surface area contributed by atoms with Crippen LogP contribution in [0.4, 0.5) is 11.4 Å². The highest BCUT2D eigenvalue weighted by molar-refractivity contribution is 7.92. The molecule has 0 aliphatic carbocycles.